The Kier molecular flexibility index (Phi) is 8.26. The first-order valence-electron chi connectivity index (χ1n) is 7.58. The van der Waals surface area contributed by atoms with Gasteiger partial charge >= 0.3 is 6.61 Å². The fourth-order valence-electron chi connectivity index (χ4n) is 2.60. The molecule has 1 saturated heterocycles. The summed E-state index contributed by atoms with van der Waals surface area (Å²) in [7, 11) is 0. The van der Waals surface area contributed by atoms with Crippen LogP contribution in [0.25, 0.3) is 0 Å². The minimum atomic E-state index is -2.82. The van der Waals surface area contributed by atoms with Gasteiger partial charge in [0, 0.05) is 12.5 Å². The maximum absolute atomic E-state index is 12.0. The largest absolute Gasteiger partial charge is 0.435 e. The van der Waals surface area contributed by atoms with Crippen molar-refractivity contribution < 1.29 is 18.3 Å². The molecular formula is C16H23ClF2N2O2. The lowest BCUT2D eigenvalue weighted by atomic mass is 9.95. The van der Waals surface area contributed by atoms with Gasteiger partial charge < -0.3 is 15.4 Å². The van der Waals surface area contributed by atoms with Crippen LogP contribution in [0.1, 0.15) is 25.3 Å². The van der Waals surface area contributed by atoms with E-state index in [4.69, 9.17) is 0 Å². The van der Waals surface area contributed by atoms with Crippen molar-refractivity contribution in [2.75, 3.05) is 13.1 Å². The highest BCUT2D eigenvalue weighted by Crippen LogP contribution is 2.16. The van der Waals surface area contributed by atoms with E-state index in [1.807, 2.05) is 0 Å². The number of hydrogen-bond donors (Lipinski definition) is 2. The number of carbonyl (C=O) groups excluding carboxylic acids is 1. The Balaban J connectivity index is 0.00000264. The van der Waals surface area contributed by atoms with Crippen LogP contribution >= 0.6 is 12.4 Å². The SMILES string of the molecule is CC1CNCCC1NC(=O)CCc1ccc(OC(F)F)cc1.Cl. The quantitative estimate of drug-likeness (QED) is 0.831. The minimum absolute atomic E-state index is 0. The van der Waals surface area contributed by atoms with Crippen LogP contribution in [0.5, 0.6) is 5.75 Å². The molecule has 2 N–H and O–H groups in total. The summed E-state index contributed by atoms with van der Waals surface area (Å²) in [6.45, 7) is 1.17. The third-order valence-corrected chi connectivity index (χ3v) is 3.92. The van der Waals surface area contributed by atoms with Gasteiger partial charge in [-0.2, -0.15) is 8.78 Å². The first-order chi connectivity index (χ1) is 10.5. The van der Waals surface area contributed by atoms with Crippen molar-refractivity contribution in [2.24, 2.45) is 5.92 Å². The van der Waals surface area contributed by atoms with Crippen LogP contribution in [-0.2, 0) is 11.2 Å². The lowest BCUT2D eigenvalue weighted by molar-refractivity contribution is -0.122. The first kappa shape index (κ1) is 19.6. The number of aryl methyl sites for hydroxylation is 1. The fourth-order valence-corrected chi connectivity index (χ4v) is 2.60. The second-order valence-corrected chi connectivity index (χ2v) is 5.67. The molecule has 0 aromatic heterocycles. The van der Waals surface area contributed by atoms with Gasteiger partial charge in [0.05, 0.1) is 0 Å². The Labute approximate surface area is 141 Å². The second-order valence-electron chi connectivity index (χ2n) is 5.67. The molecule has 0 radical (unpaired) electrons. The van der Waals surface area contributed by atoms with Crippen LogP contribution in [0.3, 0.4) is 0 Å². The highest BCUT2D eigenvalue weighted by Gasteiger charge is 2.22. The summed E-state index contributed by atoms with van der Waals surface area (Å²) in [6.07, 6.45) is 1.93. The Hall–Kier alpha value is -1.40. The smallest absolute Gasteiger partial charge is 0.387 e. The number of halogens is 3. The van der Waals surface area contributed by atoms with Crippen LogP contribution < -0.4 is 15.4 Å². The maximum atomic E-state index is 12.0. The molecule has 7 heteroatoms. The minimum Gasteiger partial charge on any atom is -0.435 e. The number of nitrogens with one attached hydrogen (secondary N) is 2. The van der Waals surface area contributed by atoms with Crippen molar-refractivity contribution >= 4 is 18.3 Å². The molecule has 2 unspecified atom stereocenters. The summed E-state index contributed by atoms with van der Waals surface area (Å²) in [5, 5.41) is 6.37. The van der Waals surface area contributed by atoms with E-state index in [-0.39, 0.29) is 30.1 Å². The van der Waals surface area contributed by atoms with Crippen LogP contribution in [-0.4, -0.2) is 31.7 Å². The zero-order valence-corrected chi connectivity index (χ0v) is 13.9. The summed E-state index contributed by atoms with van der Waals surface area (Å²) in [4.78, 5) is 12.0. The molecule has 0 aliphatic carbocycles. The van der Waals surface area contributed by atoms with Crippen LogP contribution in [0.15, 0.2) is 24.3 Å². The predicted octanol–water partition coefficient (Wildman–Crippen LogP) is 2.76. The number of alkyl halides is 2. The van der Waals surface area contributed by atoms with E-state index < -0.39 is 6.61 Å². The molecule has 130 valence electrons. The number of amides is 1. The number of benzene rings is 1. The third kappa shape index (κ3) is 6.71. The summed E-state index contributed by atoms with van der Waals surface area (Å²) in [6, 6.07) is 6.63. The normalized spacial score (nSPS) is 20.7. The van der Waals surface area contributed by atoms with Crippen molar-refractivity contribution in [3.05, 3.63) is 29.8 Å². The van der Waals surface area contributed by atoms with Gasteiger partial charge in [-0.1, -0.05) is 19.1 Å². The fraction of sp³-hybridized carbons (Fsp3) is 0.562. The molecule has 1 fully saturated rings. The lowest BCUT2D eigenvalue weighted by Crippen LogP contribution is -2.48. The average molecular weight is 349 g/mol. The molecule has 1 amide bonds. The molecular weight excluding hydrogens is 326 g/mol. The van der Waals surface area contributed by atoms with Crippen molar-refractivity contribution in [3.8, 4) is 5.75 Å². The standard InChI is InChI=1S/C16H22F2N2O2.ClH/c1-11-10-19-9-8-14(11)20-15(21)7-4-12-2-5-13(6-3-12)22-16(17)18;/h2-3,5-6,11,14,16,19H,4,7-10H2,1H3,(H,20,21);1H. The number of rotatable bonds is 6. The maximum Gasteiger partial charge on any atom is 0.387 e. The van der Waals surface area contributed by atoms with Crippen molar-refractivity contribution in [3.63, 3.8) is 0 Å². The van der Waals surface area contributed by atoms with Gasteiger partial charge in [-0.15, -0.1) is 12.4 Å². The van der Waals surface area contributed by atoms with Gasteiger partial charge in [0.2, 0.25) is 5.91 Å². The molecule has 1 aromatic rings. The number of piperidine rings is 1. The van der Waals surface area contributed by atoms with E-state index in [1.165, 1.54) is 12.1 Å². The van der Waals surface area contributed by atoms with E-state index in [0.717, 1.165) is 25.1 Å². The van der Waals surface area contributed by atoms with Gasteiger partial charge in [0.15, 0.2) is 0 Å². The Morgan fingerprint density at radius 1 is 1.39 bits per heavy atom. The molecule has 0 bridgehead atoms. The van der Waals surface area contributed by atoms with E-state index in [0.29, 0.717) is 18.8 Å². The zero-order chi connectivity index (χ0) is 15.9. The van der Waals surface area contributed by atoms with Crippen LogP contribution in [0.2, 0.25) is 0 Å². The van der Waals surface area contributed by atoms with E-state index in [1.54, 1.807) is 12.1 Å². The predicted molar refractivity (Wildman–Crippen MR) is 87.2 cm³/mol. The summed E-state index contributed by atoms with van der Waals surface area (Å²) in [5.74, 6) is 0.599. The highest BCUT2D eigenvalue weighted by atomic mass is 35.5. The van der Waals surface area contributed by atoms with E-state index in [9.17, 15) is 13.6 Å². The topological polar surface area (TPSA) is 50.4 Å². The number of hydrogen-bond acceptors (Lipinski definition) is 3. The van der Waals surface area contributed by atoms with Gasteiger partial charge in [0.1, 0.15) is 5.75 Å². The lowest BCUT2D eigenvalue weighted by Gasteiger charge is -2.30. The molecule has 1 aliphatic rings. The average Bonchev–Trinajstić information content (AvgIpc) is 2.48. The monoisotopic (exact) mass is 348 g/mol. The van der Waals surface area contributed by atoms with Crippen molar-refractivity contribution in [1.29, 1.82) is 0 Å². The van der Waals surface area contributed by atoms with Gasteiger partial charge in [0.25, 0.3) is 0 Å². The Morgan fingerprint density at radius 3 is 2.70 bits per heavy atom. The van der Waals surface area contributed by atoms with Crippen LogP contribution in [0.4, 0.5) is 8.78 Å². The molecule has 2 atom stereocenters. The molecule has 23 heavy (non-hydrogen) atoms. The third-order valence-electron chi connectivity index (χ3n) is 3.92. The van der Waals surface area contributed by atoms with Crippen molar-refractivity contribution in [1.82, 2.24) is 10.6 Å². The second kappa shape index (κ2) is 9.67. The van der Waals surface area contributed by atoms with Gasteiger partial charge in [-0.25, -0.2) is 0 Å². The summed E-state index contributed by atoms with van der Waals surface area (Å²) >= 11 is 0. The molecule has 4 nitrogen and oxygen atoms in total. The number of ether oxygens (including phenoxy) is 1. The van der Waals surface area contributed by atoms with Gasteiger partial charge in [-0.05, 0) is 49.5 Å². The van der Waals surface area contributed by atoms with E-state index in [2.05, 4.69) is 22.3 Å². The molecule has 0 saturated carbocycles. The highest BCUT2D eigenvalue weighted by molar-refractivity contribution is 5.85. The van der Waals surface area contributed by atoms with E-state index >= 15 is 0 Å². The summed E-state index contributed by atoms with van der Waals surface area (Å²) in [5.41, 5.74) is 0.926. The molecule has 1 aromatic carbocycles. The van der Waals surface area contributed by atoms with Crippen molar-refractivity contribution in [2.45, 2.75) is 38.8 Å². The Bertz CT molecular complexity index is 485. The molecule has 0 spiro atoms. The Morgan fingerprint density at radius 2 is 2.09 bits per heavy atom. The number of carbonyl (C=O) groups is 1. The van der Waals surface area contributed by atoms with Gasteiger partial charge in [-0.3, -0.25) is 4.79 Å². The molecule has 2 rings (SSSR count). The zero-order valence-electron chi connectivity index (χ0n) is 13.1. The molecule has 1 heterocycles. The first-order valence-corrected chi connectivity index (χ1v) is 7.58. The molecule has 1 aliphatic heterocycles. The van der Waals surface area contributed by atoms with Crippen LogP contribution in [0, 0.1) is 5.92 Å². The summed E-state index contributed by atoms with van der Waals surface area (Å²) < 4.78 is 28.4.